The summed E-state index contributed by atoms with van der Waals surface area (Å²) in [5, 5.41) is 19.6. The summed E-state index contributed by atoms with van der Waals surface area (Å²) < 4.78 is 57.1. The van der Waals surface area contributed by atoms with Gasteiger partial charge in [0.05, 0.1) is 11.6 Å². The fourth-order valence-corrected chi connectivity index (χ4v) is 4.67. The lowest BCUT2D eigenvalue weighted by Gasteiger charge is -2.31. The van der Waals surface area contributed by atoms with E-state index in [2.05, 4.69) is 0 Å². The lowest BCUT2D eigenvalue weighted by atomic mass is 9.74. The number of carbonyl (C=O) groups excluding carboxylic acids is 1. The average molecular weight is 403 g/mol. The Bertz CT molecular complexity index is 1070. The van der Waals surface area contributed by atoms with Crippen molar-refractivity contribution in [3.8, 4) is 6.07 Å². The first-order valence-electron chi connectivity index (χ1n) is 9.25. The third kappa shape index (κ3) is 2.94. The normalized spacial score (nSPS) is 24.5. The minimum Gasteiger partial charge on any atom is -0.382 e. The molecule has 2 aliphatic carbocycles. The molecule has 2 aromatic rings. The molecule has 0 saturated heterocycles. The summed E-state index contributed by atoms with van der Waals surface area (Å²) in [4.78, 5) is 11.9. The van der Waals surface area contributed by atoms with Gasteiger partial charge in [0.15, 0.2) is 5.78 Å². The molecule has 0 spiro atoms. The molecule has 0 aromatic heterocycles. The second-order valence-corrected chi connectivity index (χ2v) is 7.66. The van der Waals surface area contributed by atoms with Crippen LogP contribution in [0.5, 0.6) is 0 Å². The molecular weight excluding hydrogens is 386 g/mol. The highest BCUT2D eigenvalue weighted by Gasteiger charge is 2.50. The number of alkyl halides is 3. The Kier molecular flexibility index (Phi) is 4.50. The topological polar surface area (TPSA) is 61.1 Å². The van der Waals surface area contributed by atoms with E-state index in [1.807, 2.05) is 6.07 Å². The first-order chi connectivity index (χ1) is 13.7. The lowest BCUT2D eigenvalue weighted by Crippen LogP contribution is -2.22. The molecule has 150 valence electrons. The molecule has 0 radical (unpaired) electrons. The summed E-state index contributed by atoms with van der Waals surface area (Å²) >= 11 is 0. The van der Waals surface area contributed by atoms with Crippen molar-refractivity contribution in [3.05, 3.63) is 69.0 Å². The van der Waals surface area contributed by atoms with Crippen LogP contribution in [0.4, 0.5) is 17.6 Å². The Hall–Kier alpha value is -2.72. The number of hydrogen-bond donors (Lipinski definition) is 1. The van der Waals surface area contributed by atoms with Crippen LogP contribution in [0, 0.1) is 17.1 Å². The van der Waals surface area contributed by atoms with Gasteiger partial charge < -0.3 is 5.11 Å². The number of nitrogens with zero attached hydrogens (tertiary/aromatic N) is 1. The summed E-state index contributed by atoms with van der Waals surface area (Å²) in [6.45, 7) is 1.23. The minimum absolute atomic E-state index is 0.0208. The summed E-state index contributed by atoms with van der Waals surface area (Å²) in [6, 6.07) is 6.85. The molecule has 3 nitrogen and oxygen atoms in total. The maximum atomic E-state index is 14.5. The molecule has 0 saturated carbocycles. The predicted octanol–water partition coefficient (Wildman–Crippen LogP) is 5.06. The number of hydrogen-bond acceptors (Lipinski definition) is 3. The van der Waals surface area contributed by atoms with E-state index in [-0.39, 0.29) is 46.2 Å². The van der Waals surface area contributed by atoms with E-state index in [1.54, 1.807) is 0 Å². The van der Waals surface area contributed by atoms with Crippen LogP contribution in [-0.4, -0.2) is 16.8 Å². The number of rotatable bonds is 2. The van der Waals surface area contributed by atoms with Crippen LogP contribution in [0.15, 0.2) is 24.3 Å². The number of carbonyl (C=O) groups is 1. The Balaban J connectivity index is 1.97. The van der Waals surface area contributed by atoms with Gasteiger partial charge in [0, 0.05) is 23.5 Å². The van der Waals surface area contributed by atoms with Gasteiger partial charge in [-0.1, -0.05) is 12.1 Å². The number of nitriles is 1. The number of halogens is 4. The largest absolute Gasteiger partial charge is 0.382 e. The molecule has 7 heteroatoms. The van der Waals surface area contributed by atoms with E-state index in [9.17, 15) is 32.7 Å². The van der Waals surface area contributed by atoms with Crippen molar-refractivity contribution in [2.24, 2.45) is 0 Å². The van der Waals surface area contributed by atoms with Gasteiger partial charge in [0.25, 0.3) is 5.92 Å². The van der Waals surface area contributed by atoms with Gasteiger partial charge in [0.1, 0.15) is 18.1 Å². The minimum atomic E-state index is -3.44. The number of fused-ring (bicyclic) bond motifs is 2. The molecule has 2 aliphatic rings. The number of Topliss-reactive ketones (excluding diaryl/α,β-unsaturated/α-hetero) is 1. The summed E-state index contributed by atoms with van der Waals surface area (Å²) in [5.74, 6) is -5.23. The van der Waals surface area contributed by atoms with Gasteiger partial charge >= 0.3 is 0 Å². The standard InChI is InChI=1S/C22H17F4NO2/c1-10(28)13-2-3-14(17-8-22(25,26)21(29)20(13)17)15-4-5-18(24)16-7-12(23)6-11(9-27)19(15)16/h2-3,6-7,15,18,21,29H,4-5,8H2,1H3/t15-,18+,21+/m1/s1. The van der Waals surface area contributed by atoms with Gasteiger partial charge in [-0.3, -0.25) is 4.79 Å². The fourth-order valence-electron chi connectivity index (χ4n) is 4.67. The highest BCUT2D eigenvalue weighted by molar-refractivity contribution is 5.96. The van der Waals surface area contributed by atoms with Crippen molar-refractivity contribution >= 4 is 5.78 Å². The molecule has 0 fully saturated rings. The lowest BCUT2D eigenvalue weighted by molar-refractivity contribution is -0.0969. The van der Waals surface area contributed by atoms with Crippen LogP contribution in [0.1, 0.15) is 81.7 Å². The summed E-state index contributed by atoms with van der Waals surface area (Å²) in [5.41, 5.74) is 0.774. The molecule has 0 heterocycles. The van der Waals surface area contributed by atoms with Gasteiger partial charge in [-0.15, -0.1) is 0 Å². The van der Waals surface area contributed by atoms with Crippen molar-refractivity contribution < 1.29 is 27.5 Å². The second-order valence-electron chi connectivity index (χ2n) is 7.66. The molecule has 0 amide bonds. The predicted molar refractivity (Wildman–Crippen MR) is 96.1 cm³/mol. The Morgan fingerprint density at radius 2 is 1.93 bits per heavy atom. The maximum Gasteiger partial charge on any atom is 0.281 e. The number of aliphatic hydroxyl groups is 1. The van der Waals surface area contributed by atoms with Gasteiger partial charge in [-0.25, -0.2) is 17.6 Å². The molecule has 3 atom stereocenters. The highest BCUT2D eigenvalue weighted by atomic mass is 19.3. The van der Waals surface area contributed by atoms with E-state index in [0.29, 0.717) is 5.56 Å². The molecule has 0 unspecified atom stereocenters. The van der Waals surface area contributed by atoms with Gasteiger partial charge in [0.2, 0.25) is 0 Å². The highest BCUT2D eigenvalue weighted by Crippen LogP contribution is 2.51. The van der Waals surface area contributed by atoms with E-state index in [4.69, 9.17) is 0 Å². The molecule has 4 rings (SSSR count). The van der Waals surface area contributed by atoms with E-state index < -0.39 is 42.1 Å². The second kappa shape index (κ2) is 6.67. The van der Waals surface area contributed by atoms with Crippen LogP contribution in [0.2, 0.25) is 0 Å². The number of ketones is 1. The van der Waals surface area contributed by atoms with Gasteiger partial charge in [-0.2, -0.15) is 5.26 Å². The maximum absolute atomic E-state index is 14.5. The van der Waals surface area contributed by atoms with Crippen molar-refractivity contribution in [1.82, 2.24) is 0 Å². The van der Waals surface area contributed by atoms with Crippen LogP contribution in [0.3, 0.4) is 0 Å². The van der Waals surface area contributed by atoms with E-state index in [0.717, 1.165) is 12.1 Å². The zero-order chi connectivity index (χ0) is 21.1. The zero-order valence-electron chi connectivity index (χ0n) is 15.5. The SMILES string of the molecule is CC(=O)c1ccc([C@H]2CC[C@H](F)c3cc(F)cc(C#N)c32)c2c1[C@H](O)C(F)(F)C2. The zero-order valence-corrected chi connectivity index (χ0v) is 15.5. The molecule has 29 heavy (non-hydrogen) atoms. The number of aliphatic hydroxyl groups excluding tert-OH is 1. The quantitative estimate of drug-likeness (QED) is 0.563. The monoisotopic (exact) mass is 403 g/mol. The van der Waals surface area contributed by atoms with Crippen LogP contribution >= 0.6 is 0 Å². The van der Waals surface area contributed by atoms with Gasteiger partial charge in [-0.05, 0) is 54.2 Å². The third-order valence-corrected chi connectivity index (χ3v) is 5.93. The van der Waals surface area contributed by atoms with Crippen molar-refractivity contribution in [1.29, 1.82) is 5.26 Å². The van der Waals surface area contributed by atoms with E-state index in [1.165, 1.54) is 19.1 Å². The summed E-state index contributed by atoms with van der Waals surface area (Å²) in [7, 11) is 0. The van der Waals surface area contributed by atoms with Crippen LogP contribution in [0.25, 0.3) is 0 Å². The Morgan fingerprint density at radius 1 is 1.21 bits per heavy atom. The molecule has 2 aromatic carbocycles. The molecular formula is C22H17F4NO2. The van der Waals surface area contributed by atoms with Crippen LogP contribution < -0.4 is 0 Å². The smallest absolute Gasteiger partial charge is 0.281 e. The molecule has 1 N–H and O–H groups in total. The van der Waals surface area contributed by atoms with Crippen molar-refractivity contribution in [2.45, 2.75) is 50.3 Å². The van der Waals surface area contributed by atoms with Crippen molar-refractivity contribution in [3.63, 3.8) is 0 Å². The van der Waals surface area contributed by atoms with E-state index >= 15 is 0 Å². The van der Waals surface area contributed by atoms with Crippen LogP contribution in [-0.2, 0) is 6.42 Å². The average Bonchev–Trinajstić information content (AvgIpc) is 2.91. The number of benzene rings is 2. The fraction of sp³-hybridized carbons (Fsp3) is 0.364. The summed E-state index contributed by atoms with van der Waals surface area (Å²) in [6.07, 6.45) is -4.04. The Morgan fingerprint density at radius 3 is 2.59 bits per heavy atom. The third-order valence-electron chi connectivity index (χ3n) is 5.93. The van der Waals surface area contributed by atoms with Crippen molar-refractivity contribution in [2.75, 3.05) is 0 Å². The first kappa shape index (κ1) is 19.6. The Labute approximate surface area is 164 Å². The molecule has 0 bridgehead atoms. The first-order valence-corrected chi connectivity index (χ1v) is 9.25. The molecule has 0 aliphatic heterocycles.